The summed E-state index contributed by atoms with van der Waals surface area (Å²) in [7, 11) is 0. The minimum Gasteiger partial charge on any atom is -0.367 e. The quantitative estimate of drug-likeness (QED) is 0.241. The number of carbonyl (C=O) groups excluding carboxylic acids is 1. The molecule has 3 heterocycles. The van der Waals surface area contributed by atoms with Gasteiger partial charge in [-0.1, -0.05) is 30.3 Å². The lowest BCUT2D eigenvalue weighted by Gasteiger charge is -2.30. The predicted octanol–water partition coefficient (Wildman–Crippen LogP) is 5.45. The van der Waals surface area contributed by atoms with E-state index < -0.39 is 11.6 Å². The summed E-state index contributed by atoms with van der Waals surface area (Å²) in [5.74, 6) is -0.564. The molecule has 0 spiro atoms. The number of benzene rings is 2. The summed E-state index contributed by atoms with van der Waals surface area (Å²) in [5, 5.41) is 6.97. The summed E-state index contributed by atoms with van der Waals surface area (Å²) in [4.78, 5) is 31.6. The van der Waals surface area contributed by atoms with Gasteiger partial charge in [0.2, 0.25) is 0 Å². The number of H-pyrrole nitrogens is 2. The zero-order valence-electron chi connectivity index (χ0n) is 20.3. The van der Waals surface area contributed by atoms with Crippen LogP contribution in [0, 0.1) is 11.6 Å². The number of anilines is 1. The van der Waals surface area contributed by atoms with Crippen LogP contribution in [0.25, 0.3) is 33.5 Å². The number of nitrogens with one attached hydrogen (secondary N) is 4. The van der Waals surface area contributed by atoms with Gasteiger partial charge in [-0.2, -0.15) is 0 Å². The van der Waals surface area contributed by atoms with Crippen molar-refractivity contribution in [3.05, 3.63) is 84.6 Å². The molecule has 38 heavy (non-hydrogen) atoms. The molecule has 1 fully saturated rings. The summed E-state index contributed by atoms with van der Waals surface area (Å²) >= 11 is 0. The van der Waals surface area contributed by atoms with Gasteiger partial charge in [-0.3, -0.25) is 4.79 Å². The molecule has 0 aliphatic heterocycles. The molecule has 0 unspecified atom stereocenters. The maximum atomic E-state index is 14.4. The Balaban J connectivity index is 1.31. The molecule has 4 N–H and O–H groups in total. The van der Waals surface area contributed by atoms with Gasteiger partial charge in [0.05, 0.1) is 23.7 Å². The van der Waals surface area contributed by atoms with Crippen LogP contribution in [0.15, 0.2) is 67.3 Å². The summed E-state index contributed by atoms with van der Waals surface area (Å²) in [6.07, 6.45) is 8.05. The van der Waals surface area contributed by atoms with Gasteiger partial charge in [0.1, 0.15) is 23.1 Å². The fourth-order valence-electron chi connectivity index (χ4n) is 5.04. The topological polar surface area (TPSA) is 111 Å². The lowest BCUT2D eigenvalue weighted by molar-refractivity contribution is 0.0922. The molecule has 1 saturated carbocycles. The third-order valence-electron chi connectivity index (χ3n) is 6.85. The molecule has 10 heteroatoms. The number of aromatic nitrogens is 5. The highest BCUT2D eigenvalue weighted by molar-refractivity contribution is 5.94. The van der Waals surface area contributed by atoms with Crippen molar-refractivity contribution in [2.24, 2.45) is 0 Å². The summed E-state index contributed by atoms with van der Waals surface area (Å²) in [5.41, 5.74) is 2.72. The molecule has 2 atom stereocenters. The number of halogens is 2. The third kappa shape index (κ3) is 4.84. The van der Waals surface area contributed by atoms with E-state index >= 15 is 0 Å². The van der Waals surface area contributed by atoms with E-state index in [1.165, 1.54) is 18.6 Å². The van der Waals surface area contributed by atoms with E-state index in [0.29, 0.717) is 34.0 Å². The number of imidazole rings is 1. The molecular formula is C28H25F2N7O. The Hall–Kier alpha value is -4.60. The van der Waals surface area contributed by atoms with Gasteiger partial charge in [0.15, 0.2) is 5.82 Å². The minimum absolute atomic E-state index is 0.00604. The maximum absolute atomic E-state index is 14.4. The number of fused-ring (bicyclic) bond motifs is 1. The van der Waals surface area contributed by atoms with Crippen LogP contribution in [-0.2, 0) is 0 Å². The first-order chi connectivity index (χ1) is 18.5. The van der Waals surface area contributed by atoms with Crippen LogP contribution in [0.1, 0.15) is 36.2 Å². The number of amides is 1. The Kier molecular flexibility index (Phi) is 6.28. The van der Waals surface area contributed by atoms with Crippen LogP contribution >= 0.6 is 0 Å². The van der Waals surface area contributed by atoms with Crippen molar-refractivity contribution in [1.29, 1.82) is 0 Å². The number of hydrogen-bond donors (Lipinski definition) is 4. The first-order valence-electron chi connectivity index (χ1n) is 12.5. The molecule has 0 radical (unpaired) electrons. The van der Waals surface area contributed by atoms with Gasteiger partial charge in [-0.05, 0) is 31.7 Å². The average molecular weight is 514 g/mol. The van der Waals surface area contributed by atoms with Gasteiger partial charge in [-0.25, -0.2) is 23.7 Å². The van der Waals surface area contributed by atoms with E-state index in [2.05, 4.69) is 25.6 Å². The van der Waals surface area contributed by atoms with Crippen LogP contribution in [0.4, 0.5) is 14.6 Å². The van der Waals surface area contributed by atoms with Crippen molar-refractivity contribution in [3.8, 4) is 22.6 Å². The van der Waals surface area contributed by atoms with Crippen molar-refractivity contribution in [2.75, 3.05) is 5.32 Å². The highest BCUT2D eigenvalue weighted by atomic mass is 19.1. The fourth-order valence-corrected chi connectivity index (χ4v) is 5.04. The number of rotatable bonds is 6. The highest BCUT2D eigenvalue weighted by Gasteiger charge is 2.25. The molecule has 1 aliphatic carbocycles. The Morgan fingerprint density at radius 3 is 2.66 bits per heavy atom. The molecular weight excluding hydrogens is 488 g/mol. The first-order valence-corrected chi connectivity index (χ1v) is 12.5. The van der Waals surface area contributed by atoms with E-state index in [1.807, 2.05) is 36.4 Å². The summed E-state index contributed by atoms with van der Waals surface area (Å²) < 4.78 is 28.4. The van der Waals surface area contributed by atoms with Gasteiger partial charge in [-0.15, -0.1) is 0 Å². The van der Waals surface area contributed by atoms with Crippen LogP contribution in [0.2, 0.25) is 0 Å². The third-order valence-corrected chi connectivity index (χ3v) is 6.85. The van der Waals surface area contributed by atoms with Crippen molar-refractivity contribution in [3.63, 3.8) is 0 Å². The first kappa shape index (κ1) is 23.8. The fraction of sp³-hybridized carbons (Fsp3) is 0.214. The van der Waals surface area contributed by atoms with E-state index in [-0.39, 0.29) is 23.5 Å². The molecule has 1 aliphatic rings. The Bertz CT molecular complexity index is 1580. The van der Waals surface area contributed by atoms with Crippen LogP contribution in [0.5, 0.6) is 0 Å². The second-order valence-electron chi connectivity index (χ2n) is 9.48. The molecule has 1 amide bonds. The monoisotopic (exact) mass is 513 g/mol. The summed E-state index contributed by atoms with van der Waals surface area (Å²) in [6.45, 7) is 0. The van der Waals surface area contributed by atoms with Gasteiger partial charge < -0.3 is 20.6 Å². The molecule has 3 aromatic heterocycles. The van der Waals surface area contributed by atoms with Gasteiger partial charge >= 0.3 is 0 Å². The number of hydrogen-bond acceptors (Lipinski definition) is 5. The molecule has 8 nitrogen and oxygen atoms in total. The van der Waals surface area contributed by atoms with Crippen molar-refractivity contribution in [1.82, 2.24) is 30.2 Å². The number of nitrogens with zero attached hydrogens (tertiary/aromatic N) is 3. The van der Waals surface area contributed by atoms with Gasteiger partial charge in [0, 0.05) is 46.9 Å². The molecule has 6 rings (SSSR count). The second-order valence-corrected chi connectivity index (χ2v) is 9.48. The lowest BCUT2D eigenvalue weighted by atomic mass is 9.91. The Labute approximate surface area is 217 Å². The van der Waals surface area contributed by atoms with E-state index in [1.54, 1.807) is 6.20 Å². The smallest absolute Gasteiger partial charge is 0.269 e. The van der Waals surface area contributed by atoms with Crippen molar-refractivity contribution >= 4 is 22.6 Å². The second kappa shape index (κ2) is 10.0. The average Bonchev–Trinajstić information content (AvgIpc) is 3.60. The Morgan fingerprint density at radius 1 is 1.00 bits per heavy atom. The van der Waals surface area contributed by atoms with Crippen molar-refractivity contribution in [2.45, 2.75) is 37.8 Å². The van der Waals surface area contributed by atoms with Crippen LogP contribution < -0.4 is 10.6 Å². The largest absolute Gasteiger partial charge is 0.367 e. The number of aromatic amines is 2. The standard InChI is InChI=1S/C28H25F2N7O/c29-17-9-20-21(13-32-26(20)22(30)10-17)27-36-23(16-5-2-1-3-6-16)12-25(37-27)34-18-7-4-8-19(11-18)35-28(38)24-14-31-15-33-24/h1-3,5-6,9-10,12-15,18-19,32H,4,7-8,11H2,(H,31,33)(H,35,38)(H,34,36,37)/t18-,19+/m0/s1. The minimum atomic E-state index is -0.672. The molecule has 5 aromatic rings. The molecule has 0 saturated heterocycles. The van der Waals surface area contributed by atoms with Crippen molar-refractivity contribution < 1.29 is 13.6 Å². The molecule has 0 bridgehead atoms. The zero-order valence-corrected chi connectivity index (χ0v) is 20.3. The Morgan fingerprint density at radius 2 is 1.84 bits per heavy atom. The highest BCUT2D eigenvalue weighted by Crippen LogP contribution is 2.32. The lowest BCUT2D eigenvalue weighted by Crippen LogP contribution is -2.42. The zero-order chi connectivity index (χ0) is 26.1. The van der Waals surface area contributed by atoms with Crippen LogP contribution in [0.3, 0.4) is 0 Å². The van der Waals surface area contributed by atoms with E-state index in [4.69, 9.17) is 9.97 Å². The normalized spacial score (nSPS) is 17.4. The molecule has 2 aromatic carbocycles. The maximum Gasteiger partial charge on any atom is 0.269 e. The summed E-state index contributed by atoms with van der Waals surface area (Å²) in [6, 6.07) is 13.8. The number of carbonyl (C=O) groups is 1. The van der Waals surface area contributed by atoms with Gasteiger partial charge in [0.25, 0.3) is 5.91 Å². The van der Waals surface area contributed by atoms with Crippen LogP contribution in [-0.4, -0.2) is 42.9 Å². The SMILES string of the molecule is O=C(N[C@@H]1CCC[C@H](Nc2cc(-c3ccccc3)nc(-c3c[nH]c4c(F)cc(F)cc34)n2)C1)c1cnc[nH]1. The van der Waals surface area contributed by atoms with E-state index in [0.717, 1.165) is 37.3 Å². The molecule has 192 valence electrons. The van der Waals surface area contributed by atoms with E-state index in [9.17, 15) is 13.6 Å². The predicted molar refractivity (Wildman–Crippen MR) is 140 cm³/mol.